The van der Waals surface area contributed by atoms with Crippen molar-refractivity contribution in [2.45, 2.75) is 44.3 Å². The quantitative estimate of drug-likeness (QED) is 0.522. The van der Waals surface area contributed by atoms with Crippen molar-refractivity contribution >= 4 is 34.3 Å². The van der Waals surface area contributed by atoms with Crippen molar-refractivity contribution < 1.29 is 18.8 Å². The van der Waals surface area contributed by atoms with Crippen LogP contribution in [0.5, 0.6) is 0 Å². The van der Waals surface area contributed by atoms with Crippen LogP contribution in [0.15, 0.2) is 48.7 Å². The van der Waals surface area contributed by atoms with Gasteiger partial charge in [0.1, 0.15) is 11.4 Å². The van der Waals surface area contributed by atoms with Gasteiger partial charge in [0.05, 0.1) is 11.8 Å². The zero-order valence-corrected chi connectivity index (χ0v) is 18.9. The number of aromatic amines is 1. The highest BCUT2D eigenvalue weighted by atomic mass is 19.1. The Morgan fingerprint density at radius 2 is 1.91 bits per heavy atom. The number of fused-ring (bicyclic) bond motifs is 5. The first kappa shape index (κ1) is 21.0. The molecule has 1 spiro atoms. The Morgan fingerprint density at radius 3 is 2.71 bits per heavy atom. The second-order valence-electron chi connectivity index (χ2n) is 9.57. The number of hydrogen-bond donors (Lipinski definition) is 3. The number of imide groups is 1. The van der Waals surface area contributed by atoms with Crippen LogP contribution in [0.3, 0.4) is 0 Å². The highest BCUT2D eigenvalue weighted by Crippen LogP contribution is 2.53. The van der Waals surface area contributed by atoms with E-state index < -0.39 is 35.1 Å². The Balaban J connectivity index is 1.50. The molecule has 1 aromatic heterocycles. The molecule has 4 heterocycles. The summed E-state index contributed by atoms with van der Waals surface area (Å²) in [5.74, 6) is -3.22. The van der Waals surface area contributed by atoms with E-state index in [1.165, 1.54) is 23.1 Å². The lowest BCUT2D eigenvalue weighted by atomic mass is 9.76. The molecule has 0 bridgehead atoms. The van der Waals surface area contributed by atoms with Crippen LogP contribution in [0.4, 0.5) is 10.1 Å². The maximum atomic E-state index is 14.3. The van der Waals surface area contributed by atoms with Crippen LogP contribution in [0.2, 0.25) is 0 Å². The van der Waals surface area contributed by atoms with E-state index in [0.29, 0.717) is 24.1 Å². The summed E-state index contributed by atoms with van der Waals surface area (Å²) in [5, 5.41) is 7.23. The SMILES string of the molecule is CC[C@H](C)N1C(=O)[C@@H]2[C@H](Cc3c[nH]c4ccccc34)N[C@]3(C(=O)Nc4ccc(F)cc43)[C@@H]2C1=O. The van der Waals surface area contributed by atoms with Crippen LogP contribution in [0, 0.1) is 17.7 Å². The molecule has 3 amide bonds. The van der Waals surface area contributed by atoms with Gasteiger partial charge in [-0.3, -0.25) is 24.6 Å². The van der Waals surface area contributed by atoms with Gasteiger partial charge in [-0.25, -0.2) is 4.39 Å². The lowest BCUT2D eigenvalue weighted by molar-refractivity contribution is -0.145. The monoisotopic (exact) mass is 460 g/mol. The van der Waals surface area contributed by atoms with Gasteiger partial charge in [-0.05, 0) is 49.6 Å². The van der Waals surface area contributed by atoms with Gasteiger partial charge in [0.2, 0.25) is 17.7 Å². The first-order valence-electron chi connectivity index (χ1n) is 11.7. The number of hydrogen-bond acceptors (Lipinski definition) is 4. The van der Waals surface area contributed by atoms with Gasteiger partial charge >= 0.3 is 0 Å². The van der Waals surface area contributed by atoms with Gasteiger partial charge in [0.15, 0.2) is 0 Å². The van der Waals surface area contributed by atoms with Crippen LogP contribution in [-0.4, -0.2) is 39.7 Å². The van der Waals surface area contributed by atoms with Crippen molar-refractivity contribution in [3.63, 3.8) is 0 Å². The highest BCUT2D eigenvalue weighted by Gasteiger charge is 2.70. The van der Waals surface area contributed by atoms with Gasteiger partial charge in [0, 0.05) is 40.4 Å². The lowest BCUT2D eigenvalue weighted by Gasteiger charge is -2.31. The average molecular weight is 461 g/mol. The van der Waals surface area contributed by atoms with Crippen molar-refractivity contribution in [1.82, 2.24) is 15.2 Å². The normalized spacial score (nSPS) is 28.6. The number of halogens is 1. The zero-order chi connectivity index (χ0) is 23.8. The van der Waals surface area contributed by atoms with E-state index in [1.807, 2.05) is 44.3 Å². The predicted octanol–water partition coefficient (Wildman–Crippen LogP) is 3.07. The minimum absolute atomic E-state index is 0.267. The fraction of sp³-hybridized carbons (Fsp3) is 0.346. The van der Waals surface area contributed by atoms with Crippen molar-refractivity contribution in [2.75, 3.05) is 5.32 Å². The molecular weight excluding hydrogens is 435 g/mol. The van der Waals surface area contributed by atoms with E-state index in [-0.39, 0.29) is 17.9 Å². The molecule has 2 aromatic carbocycles. The molecule has 5 atom stereocenters. The summed E-state index contributed by atoms with van der Waals surface area (Å²) in [6.07, 6.45) is 2.96. The molecule has 0 aliphatic carbocycles. The van der Waals surface area contributed by atoms with E-state index in [0.717, 1.165) is 16.5 Å². The Morgan fingerprint density at radius 1 is 1.12 bits per heavy atom. The minimum Gasteiger partial charge on any atom is -0.361 e. The van der Waals surface area contributed by atoms with Gasteiger partial charge in [0.25, 0.3) is 0 Å². The molecule has 0 unspecified atom stereocenters. The number of carbonyl (C=O) groups is 3. The third-order valence-electron chi connectivity index (χ3n) is 7.86. The molecule has 8 heteroatoms. The van der Waals surface area contributed by atoms with Crippen LogP contribution >= 0.6 is 0 Å². The number of amides is 3. The van der Waals surface area contributed by atoms with Gasteiger partial charge in [-0.2, -0.15) is 0 Å². The third-order valence-corrected chi connectivity index (χ3v) is 7.86. The molecule has 3 aliphatic rings. The molecule has 6 rings (SSSR count). The topological polar surface area (TPSA) is 94.3 Å². The number of likely N-dealkylation sites (tertiary alicyclic amines) is 1. The highest BCUT2D eigenvalue weighted by molar-refractivity contribution is 6.15. The Bertz CT molecular complexity index is 1370. The first-order valence-corrected chi connectivity index (χ1v) is 11.7. The maximum absolute atomic E-state index is 14.3. The van der Waals surface area contributed by atoms with Crippen molar-refractivity contribution in [1.29, 1.82) is 0 Å². The summed E-state index contributed by atoms with van der Waals surface area (Å²) in [6.45, 7) is 3.76. The lowest BCUT2D eigenvalue weighted by Crippen LogP contribution is -2.54. The molecular formula is C26H25FN4O3. The molecule has 34 heavy (non-hydrogen) atoms. The molecule has 0 saturated carbocycles. The number of carbonyl (C=O) groups excluding carboxylic acids is 3. The largest absolute Gasteiger partial charge is 0.361 e. The molecule has 3 aliphatic heterocycles. The summed E-state index contributed by atoms with van der Waals surface area (Å²) in [6, 6.07) is 11.2. The van der Waals surface area contributed by atoms with Gasteiger partial charge < -0.3 is 10.3 Å². The Kier molecular flexibility index (Phi) is 4.48. The number of H-pyrrole nitrogens is 1. The molecule has 0 radical (unpaired) electrons. The number of nitrogens with one attached hydrogen (secondary N) is 3. The fourth-order valence-electron chi connectivity index (χ4n) is 6.13. The van der Waals surface area contributed by atoms with E-state index in [1.54, 1.807) is 0 Å². The summed E-state index contributed by atoms with van der Waals surface area (Å²) >= 11 is 0. The van der Waals surface area contributed by atoms with E-state index in [9.17, 15) is 18.8 Å². The number of para-hydroxylation sites is 1. The second-order valence-corrected chi connectivity index (χ2v) is 9.57. The standard InChI is InChI=1S/C26H25FN4O3/c1-3-13(2)31-23(32)21-20(10-14-12-28-18-7-5-4-6-16(14)18)30-26(22(21)24(31)33)17-11-15(27)8-9-19(17)29-25(26)34/h4-9,11-13,20-22,28,30H,3,10H2,1-2H3,(H,29,34)/t13-,20-,21+,22-,26-/m0/s1. The number of rotatable bonds is 4. The van der Waals surface area contributed by atoms with Crippen molar-refractivity contribution in [3.8, 4) is 0 Å². The summed E-state index contributed by atoms with van der Waals surface area (Å²) in [7, 11) is 0. The summed E-state index contributed by atoms with van der Waals surface area (Å²) < 4.78 is 14.3. The van der Waals surface area contributed by atoms with E-state index >= 15 is 0 Å². The molecule has 2 saturated heterocycles. The number of benzene rings is 2. The summed E-state index contributed by atoms with van der Waals surface area (Å²) in [4.78, 5) is 45.5. The molecule has 3 aromatic rings. The van der Waals surface area contributed by atoms with E-state index in [2.05, 4.69) is 15.6 Å². The van der Waals surface area contributed by atoms with Gasteiger partial charge in [-0.15, -0.1) is 0 Å². The molecule has 3 N–H and O–H groups in total. The Labute approximate surface area is 195 Å². The average Bonchev–Trinajstić information content (AvgIpc) is 3.53. The van der Waals surface area contributed by atoms with Crippen LogP contribution in [-0.2, 0) is 26.3 Å². The summed E-state index contributed by atoms with van der Waals surface area (Å²) in [5.41, 5.74) is 1.33. The molecule has 7 nitrogen and oxygen atoms in total. The van der Waals surface area contributed by atoms with Crippen LogP contribution in [0.25, 0.3) is 10.9 Å². The van der Waals surface area contributed by atoms with Crippen LogP contribution in [0.1, 0.15) is 31.4 Å². The molecule has 174 valence electrons. The Hall–Kier alpha value is -3.52. The first-order chi connectivity index (χ1) is 16.4. The molecule has 2 fully saturated rings. The minimum atomic E-state index is -1.49. The number of anilines is 1. The van der Waals surface area contributed by atoms with Gasteiger partial charge in [-0.1, -0.05) is 25.1 Å². The second kappa shape index (κ2) is 7.24. The third kappa shape index (κ3) is 2.63. The van der Waals surface area contributed by atoms with Crippen molar-refractivity contribution in [3.05, 3.63) is 65.6 Å². The maximum Gasteiger partial charge on any atom is 0.250 e. The zero-order valence-electron chi connectivity index (χ0n) is 18.9. The number of aromatic nitrogens is 1. The fourth-order valence-corrected chi connectivity index (χ4v) is 6.13. The van der Waals surface area contributed by atoms with E-state index in [4.69, 9.17) is 0 Å². The predicted molar refractivity (Wildman–Crippen MR) is 124 cm³/mol. The van der Waals surface area contributed by atoms with Crippen LogP contribution < -0.4 is 10.6 Å². The number of nitrogens with zero attached hydrogens (tertiary/aromatic N) is 1. The van der Waals surface area contributed by atoms with Crippen molar-refractivity contribution in [2.24, 2.45) is 11.8 Å². The smallest absolute Gasteiger partial charge is 0.250 e.